The van der Waals surface area contributed by atoms with E-state index in [1.54, 1.807) is 24.3 Å². The minimum absolute atomic E-state index is 0.0806. The lowest BCUT2D eigenvalue weighted by molar-refractivity contribution is -0.117. The van der Waals surface area contributed by atoms with Gasteiger partial charge in [-0.25, -0.2) is 4.79 Å². The summed E-state index contributed by atoms with van der Waals surface area (Å²) in [6, 6.07) is 7.11. The summed E-state index contributed by atoms with van der Waals surface area (Å²) in [7, 11) is 0. The number of rotatable bonds is 4. The highest BCUT2D eigenvalue weighted by atomic mass is 16.5. The van der Waals surface area contributed by atoms with Crippen molar-refractivity contribution in [3.05, 3.63) is 24.3 Å². The van der Waals surface area contributed by atoms with Gasteiger partial charge in [0.25, 0.3) is 0 Å². The van der Waals surface area contributed by atoms with Crippen LogP contribution in [0.5, 0.6) is 0 Å². The van der Waals surface area contributed by atoms with E-state index in [0.29, 0.717) is 12.3 Å². The highest BCUT2D eigenvalue weighted by Gasteiger charge is 2.29. The molecule has 3 N–H and O–H groups in total. The van der Waals surface area contributed by atoms with Crippen molar-refractivity contribution in [1.82, 2.24) is 5.32 Å². The standard InChI is InChI=1S/C17H23N3O3/c1-11-10-15(8-9-23-11)20-17(22)19-14-6-4-13(5-7-14)18-16(21)12-2-3-12/h4-7,11-12,15H,2-3,8-10H2,1H3,(H,18,21)(H2,19,20,22)/t11-,15-/m1/s1. The fourth-order valence-corrected chi connectivity index (χ4v) is 2.71. The summed E-state index contributed by atoms with van der Waals surface area (Å²) < 4.78 is 5.47. The number of ether oxygens (including phenoxy) is 1. The molecule has 1 saturated heterocycles. The van der Waals surface area contributed by atoms with Crippen molar-refractivity contribution in [3.63, 3.8) is 0 Å². The van der Waals surface area contributed by atoms with Crippen LogP contribution in [0, 0.1) is 5.92 Å². The summed E-state index contributed by atoms with van der Waals surface area (Å²) >= 11 is 0. The van der Waals surface area contributed by atoms with Crippen LogP contribution in [0.4, 0.5) is 16.2 Å². The van der Waals surface area contributed by atoms with E-state index in [1.807, 2.05) is 6.92 Å². The third kappa shape index (κ3) is 4.69. The predicted molar refractivity (Wildman–Crippen MR) is 88.4 cm³/mol. The number of amides is 3. The SMILES string of the molecule is C[C@@H]1C[C@H](NC(=O)Nc2ccc(NC(=O)C3CC3)cc2)CCO1. The predicted octanol–water partition coefficient (Wildman–Crippen LogP) is 2.72. The minimum atomic E-state index is -0.209. The molecule has 3 amide bonds. The normalized spacial score (nSPS) is 23.9. The zero-order chi connectivity index (χ0) is 16.2. The molecular weight excluding hydrogens is 294 g/mol. The van der Waals surface area contributed by atoms with Crippen molar-refractivity contribution in [2.24, 2.45) is 5.92 Å². The Hall–Kier alpha value is -2.08. The molecule has 1 aliphatic heterocycles. The van der Waals surface area contributed by atoms with Crippen LogP contribution in [0.2, 0.25) is 0 Å². The Morgan fingerprint density at radius 3 is 2.30 bits per heavy atom. The van der Waals surface area contributed by atoms with E-state index in [1.165, 1.54) is 0 Å². The molecule has 2 atom stereocenters. The topological polar surface area (TPSA) is 79.5 Å². The quantitative estimate of drug-likeness (QED) is 0.799. The van der Waals surface area contributed by atoms with Crippen molar-refractivity contribution in [2.75, 3.05) is 17.2 Å². The van der Waals surface area contributed by atoms with Gasteiger partial charge in [0, 0.05) is 29.9 Å². The largest absolute Gasteiger partial charge is 0.378 e. The Morgan fingerprint density at radius 1 is 1.04 bits per heavy atom. The van der Waals surface area contributed by atoms with Crippen molar-refractivity contribution >= 4 is 23.3 Å². The van der Waals surface area contributed by atoms with Gasteiger partial charge in [-0.2, -0.15) is 0 Å². The molecule has 3 rings (SSSR count). The van der Waals surface area contributed by atoms with Crippen molar-refractivity contribution in [3.8, 4) is 0 Å². The molecule has 2 fully saturated rings. The average molecular weight is 317 g/mol. The first-order chi connectivity index (χ1) is 11.1. The van der Waals surface area contributed by atoms with E-state index in [-0.39, 0.29) is 30.0 Å². The van der Waals surface area contributed by atoms with Gasteiger partial charge >= 0.3 is 6.03 Å². The Balaban J connectivity index is 1.47. The van der Waals surface area contributed by atoms with Gasteiger partial charge in [-0.05, 0) is 56.9 Å². The van der Waals surface area contributed by atoms with Gasteiger partial charge in [0.15, 0.2) is 0 Å². The van der Waals surface area contributed by atoms with E-state index in [4.69, 9.17) is 4.74 Å². The second kappa shape index (κ2) is 7.00. The van der Waals surface area contributed by atoms with Gasteiger partial charge < -0.3 is 20.7 Å². The van der Waals surface area contributed by atoms with Crippen LogP contribution in [-0.4, -0.2) is 30.7 Å². The van der Waals surface area contributed by atoms with E-state index < -0.39 is 0 Å². The highest BCUT2D eigenvalue weighted by molar-refractivity contribution is 5.94. The lowest BCUT2D eigenvalue weighted by atomic mass is 10.0. The lowest BCUT2D eigenvalue weighted by Crippen LogP contribution is -2.43. The molecular formula is C17H23N3O3. The number of hydrogen-bond acceptors (Lipinski definition) is 3. The third-order valence-corrected chi connectivity index (χ3v) is 4.18. The third-order valence-electron chi connectivity index (χ3n) is 4.18. The molecule has 0 unspecified atom stereocenters. The van der Waals surface area contributed by atoms with Gasteiger partial charge in [-0.1, -0.05) is 0 Å². The maximum Gasteiger partial charge on any atom is 0.319 e. The second-order valence-electron chi connectivity index (χ2n) is 6.34. The van der Waals surface area contributed by atoms with Gasteiger partial charge in [-0.3, -0.25) is 4.79 Å². The first-order valence-corrected chi connectivity index (χ1v) is 8.20. The molecule has 0 radical (unpaired) electrons. The number of hydrogen-bond donors (Lipinski definition) is 3. The molecule has 23 heavy (non-hydrogen) atoms. The summed E-state index contributed by atoms with van der Waals surface area (Å²) in [6.07, 6.45) is 3.82. The maximum atomic E-state index is 12.0. The fraction of sp³-hybridized carbons (Fsp3) is 0.529. The van der Waals surface area contributed by atoms with Crippen LogP contribution in [0.15, 0.2) is 24.3 Å². The maximum absolute atomic E-state index is 12.0. The molecule has 124 valence electrons. The average Bonchev–Trinajstić information content (AvgIpc) is 3.34. The van der Waals surface area contributed by atoms with E-state index in [2.05, 4.69) is 16.0 Å². The summed E-state index contributed by atoms with van der Waals surface area (Å²) in [4.78, 5) is 23.7. The first-order valence-electron chi connectivity index (χ1n) is 8.20. The molecule has 1 aliphatic carbocycles. The lowest BCUT2D eigenvalue weighted by Gasteiger charge is -2.27. The molecule has 1 aromatic rings. The van der Waals surface area contributed by atoms with Gasteiger partial charge in [0.1, 0.15) is 0 Å². The molecule has 1 heterocycles. The monoisotopic (exact) mass is 317 g/mol. The van der Waals surface area contributed by atoms with Gasteiger partial charge in [0.05, 0.1) is 6.10 Å². The van der Waals surface area contributed by atoms with Crippen molar-refractivity contribution in [1.29, 1.82) is 0 Å². The van der Waals surface area contributed by atoms with Crippen LogP contribution in [-0.2, 0) is 9.53 Å². The number of carbonyl (C=O) groups excluding carboxylic acids is 2. The van der Waals surface area contributed by atoms with Crippen LogP contribution >= 0.6 is 0 Å². The second-order valence-corrected chi connectivity index (χ2v) is 6.34. The summed E-state index contributed by atoms with van der Waals surface area (Å²) in [5, 5.41) is 8.66. The number of benzene rings is 1. The smallest absolute Gasteiger partial charge is 0.319 e. The Bertz CT molecular complexity index is 569. The van der Waals surface area contributed by atoms with Crippen molar-refractivity contribution < 1.29 is 14.3 Å². The number of carbonyl (C=O) groups is 2. The zero-order valence-electron chi connectivity index (χ0n) is 13.3. The van der Waals surface area contributed by atoms with Crippen LogP contribution in [0.3, 0.4) is 0 Å². The molecule has 1 aromatic carbocycles. The van der Waals surface area contributed by atoms with Crippen LogP contribution < -0.4 is 16.0 Å². The Morgan fingerprint density at radius 2 is 1.70 bits per heavy atom. The molecule has 1 saturated carbocycles. The minimum Gasteiger partial charge on any atom is -0.378 e. The van der Waals surface area contributed by atoms with E-state index in [0.717, 1.165) is 31.4 Å². The summed E-state index contributed by atoms with van der Waals surface area (Å²) in [5.41, 5.74) is 1.46. The molecule has 6 heteroatoms. The van der Waals surface area contributed by atoms with Crippen molar-refractivity contribution in [2.45, 2.75) is 44.8 Å². The Kier molecular flexibility index (Phi) is 4.81. The van der Waals surface area contributed by atoms with Crippen LogP contribution in [0.25, 0.3) is 0 Å². The molecule has 6 nitrogen and oxygen atoms in total. The number of nitrogens with one attached hydrogen (secondary N) is 3. The molecule has 0 spiro atoms. The van der Waals surface area contributed by atoms with E-state index in [9.17, 15) is 9.59 Å². The first kappa shape index (κ1) is 15.8. The number of anilines is 2. The summed E-state index contributed by atoms with van der Waals surface area (Å²) in [6.45, 7) is 2.70. The molecule has 0 bridgehead atoms. The van der Waals surface area contributed by atoms with E-state index >= 15 is 0 Å². The fourth-order valence-electron chi connectivity index (χ4n) is 2.71. The summed E-state index contributed by atoms with van der Waals surface area (Å²) in [5.74, 6) is 0.262. The highest BCUT2D eigenvalue weighted by Crippen LogP contribution is 2.30. The van der Waals surface area contributed by atoms with Crippen LogP contribution in [0.1, 0.15) is 32.6 Å². The zero-order valence-corrected chi connectivity index (χ0v) is 13.3. The van der Waals surface area contributed by atoms with Gasteiger partial charge in [-0.15, -0.1) is 0 Å². The number of urea groups is 1. The van der Waals surface area contributed by atoms with Gasteiger partial charge in [0.2, 0.25) is 5.91 Å². The Labute approximate surface area is 136 Å². The molecule has 0 aromatic heterocycles. The molecule has 2 aliphatic rings.